The van der Waals surface area contributed by atoms with Gasteiger partial charge in [-0.15, -0.1) is 0 Å². The number of anilines is 1. The lowest BCUT2D eigenvalue weighted by Crippen LogP contribution is -2.31. The first-order valence-electron chi connectivity index (χ1n) is 10.1. The van der Waals surface area contributed by atoms with E-state index in [4.69, 9.17) is 14.7 Å². The predicted molar refractivity (Wildman–Crippen MR) is 112 cm³/mol. The molecular formula is C19H30N6O2S. The number of thioether (sulfide) groups is 1. The summed E-state index contributed by atoms with van der Waals surface area (Å²) in [5.41, 5.74) is 0.831. The van der Waals surface area contributed by atoms with Gasteiger partial charge in [-0.25, -0.2) is 14.6 Å². The topological polar surface area (TPSA) is 85.2 Å². The van der Waals surface area contributed by atoms with E-state index in [2.05, 4.69) is 29.2 Å². The Kier molecular flexibility index (Phi) is 7.50. The van der Waals surface area contributed by atoms with Crippen molar-refractivity contribution in [1.29, 1.82) is 0 Å². The Bertz CT molecular complexity index is 788. The molecule has 1 aliphatic heterocycles. The van der Waals surface area contributed by atoms with Crippen molar-refractivity contribution >= 4 is 34.5 Å². The van der Waals surface area contributed by atoms with Crippen LogP contribution in [0.2, 0.25) is 0 Å². The molecule has 2 aromatic heterocycles. The first-order valence-corrected chi connectivity index (χ1v) is 11.0. The highest BCUT2D eigenvalue weighted by Gasteiger charge is 2.20. The molecule has 0 atom stereocenters. The van der Waals surface area contributed by atoms with Crippen LogP contribution in [0.1, 0.15) is 40.0 Å². The average Bonchev–Trinajstić information content (AvgIpc) is 3.09. The van der Waals surface area contributed by atoms with Gasteiger partial charge >= 0.3 is 0 Å². The number of hydrogen-bond acceptors (Lipinski definition) is 7. The smallest absolute Gasteiger partial charge is 0.246 e. The van der Waals surface area contributed by atoms with Crippen LogP contribution in [0.3, 0.4) is 0 Å². The molecule has 0 aromatic carbocycles. The zero-order valence-electron chi connectivity index (χ0n) is 17.0. The number of piperidine rings is 1. The van der Waals surface area contributed by atoms with Gasteiger partial charge in [0.05, 0.1) is 18.1 Å². The van der Waals surface area contributed by atoms with Crippen LogP contribution in [0.5, 0.6) is 0 Å². The molecule has 0 unspecified atom stereocenters. The van der Waals surface area contributed by atoms with Gasteiger partial charge in [0.25, 0.3) is 0 Å². The average molecular weight is 407 g/mol. The fourth-order valence-corrected chi connectivity index (χ4v) is 3.94. The number of fused-ring (bicyclic) bond motifs is 1. The molecule has 0 saturated carbocycles. The van der Waals surface area contributed by atoms with Gasteiger partial charge in [-0.05, 0) is 26.2 Å². The summed E-state index contributed by atoms with van der Waals surface area (Å²) < 4.78 is 6.98. The molecule has 1 fully saturated rings. The van der Waals surface area contributed by atoms with E-state index in [9.17, 15) is 4.79 Å². The van der Waals surface area contributed by atoms with E-state index >= 15 is 0 Å². The number of amides is 1. The molecule has 0 bridgehead atoms. The molecule has 2 aromatic rings. The molecule has 1 saturated heterocycles. The van der Waals surface area contributed by atoms with E-state index in [1.54, 1.807) is 11.8 Å². The summed E-state index contributed by atoms with van der Waals surface area (Å²) in [6.45, 7) is 9.87. The highest BCUT2D eigenvalue weighted by molar-refractivity contribution is 7.99. The van der Waals surface area contributed by atoms with Gasteiger partial charge in [-0.2, -0.15) is 5.10 Å². The Balaban J connectivity index is 1.80. The van der Waals surface area contributed by atoms with Crippen molar-refractivity contribution in [1.82, 2.24) is 25.1 Å². The van der Waals surface area contributed by atoms with Gasteiger partial charge in [0.2, 0.25) is 5.91 Å². The predicted octanol–water partition coefficient (Wildman–Crippen LogP) is 2.47. The summed E-state index contributed by atoms with van der Waals surface area (Å²) in [7, 11) is 0. The highest BCUT2D eigenvalue weighted by atomic mass is 32.2. The number of carbonyl (C=O) groups excluding carboxylic acids is 1. The largest absolute Gasteiger partial charge is 0.372 e. The lowest BCUT2D eigenvalue weighted by molar-refractivity contribution is -0.125. The SMILES string of the molecule is CCOCC(=O)NCCn1ncc2c(N3CCCCC3)nc(SC(C)C)nc21. The van der Waals surface area contributed by atoms with Gasteiger partial charge in [0, 0.05) is 31.5 Å². The third-order valence-corrected chi connectivity index (χ3v) is 5.40. The molecule has 0 spiro atoms. The summed E-state index contributed by atoms with van der Waals surface area (Å²) in [5.74, 6) is 0.873. The van der Waals surface area contributed by atoms with E-state index in [0.29, 0.717) is 24.9 Å². The molecule has 1 N–H and O–H groups in total. The standard InChI is InChI=1S/C19H30N6O2S/c1-4-27-13-16(26)20-8-11-25-18-15(12-21-25)17(24-9-6-5-7-10-24)22-19(23-18)28-14(2)3/h12,14H,4-11,13H2,1-3H3,(H,20,26). The minimum Gasteiger partial charge on any atom is -0.372 e. The quantitative estimate of drug-likeness (QED) is 0.506. The van der Waals surface area contributed by atoms with Crippen molar-refractivity contribution in [3.63, 3.8) is 0 Å². The summed E-state index contributed by atoms with van der Waals surface area (Å²) in [4.78, 5) is 23.7. The summed E-state index contributed by atoms with van der Waals surface area (Å²) in [6, 6.07) is 0. The number of aromatic nitrogens is 4. The minimum absolute atomic E-state index is 0.0901. The minimum atomic E-state index is -0.113. The second-order valence-electron chi connectivity index (χ2n) is 7.14. The van der Waals surface area contributed by atoms with Crippen molar-refractivity contribution in [2.75, 3.05) is 37.7 Å². The first-order chi connectivity index (χ1) is 13.6. The molecule has 1 aliphatic rings. The molecule has 1 amide bonds. The first kappa shape index (κ1) is 20.9. The van der Waals surface area contributed by atoms with E-state index in [1.807, 2.05) is 17.8 Å². The molecule has 0 aliphatic carbocycles. The van der Waals surface area contributed by atoms with Crippen LogP contribution in [0.15, 0.2) is 11.4 Å². The van der Waals surface area contributed by atoms with Crippen LogP contribution in [-0.4, -0.2) is 63.8 Å². The highest BCUT2D eigenvalue weighted by Crippen LogP contribution is 2.30. The maximum Gasteiger partial charge on any atom is 0.246 e. The number of nitrogens with one attached hydrogen (secondary N) is 1. The zero-order chi connectivity index (χ0) is 19.9. The lowest BCUT2D eigenvalue weighted by atomic mass is 10.1. The molecule has 0 radical (unpaired) electrons. The fraction of sp³-hybridized carbons (Fsp3) is 0.684. The maximum absolute atomic E-state index is 11.7. The second-order valence-corrected chi connectivity index (χ2v) is 8.68. The van der Waals surface area contributed by atoms with E-state index in [-0.39, 0.29) is 12.5 Å². The molecule has 8 nitrogen and oxygen atoms in total. The van der Waals surface area contributed by atoms with Gasteiger partial charge in [0.15, 0.2) is 10.8 Å². The Morgan fingerprint density at radius 1 is 1.29 bits per heavy atom. The fourth-order valence-electron chi connectivity index (χ4n) is 3.24. The molecule has 3 heterocycles. The van der Waals surface area contributed by atoms with Gasteiger partial charge < -0.3 is 15.0 Å². The lowest BCUT2D eigenvalue weighted by Gasteiger charge is -2.28. The molecule has 3 rings (SSSR count). The van der Waals surface area contributed by atoms with E-state index in [1.165, 1.54) is 19.3 Å². The van der Waals surface area contributed by atoms with Crippen molar-refractivity contribution in [3.05, 3.63) is 6.20 Å². The van der Waals surface area contributed by atoms with Crippen LogP contribution in [0, 0.1) is 0 Å². The zero-order valence-corrected chi connectivity index (χ0v) is 17.8. The number of hydrogen-bond donors (Lipinski definition) is 1. The Labute approximate surface area is 170 Å². The number of ether oxygens (including phenoxy) is 1. The summed E-state index contributed by atoms with van der Waals surface area (Å²) in [5, 5.41) is 9.56. The number of nitrogens with zero attached hydrogens (tertiary/aromatic N) is 5. The van der Waals surface area contributed by atoms with Gasteiger partial charge in [-0.1, -0.05) is 25.6 Å². The normalized spacial score (nSPS) is 14.8. The van der Waals surface area contributed by atoms with E-state index < -0.39 is 0 Å². The van der Waals surface area contributed by atoms with Crippen molar-refractivity contribution in [2.24, 2.45) is 0 Å². The van der Waals surface area contributed by atoms with Crippen LogP contribution < -0.4 is 10.2 Å². The van der Waals surface area contributed by atoms with Crippen LogP contribution in [0.4, 0.5) is 5.82 Å². The Morgan fingerprint density at radius 2 is 2.07 bits per heavy atom. The van der Waals surface area contributed by atoms with Crippen molar-refractivity contribution in [3.8, 4) is 0 Å². The summed E-state index contributed by atoms with van der Waals surface area (Å²) in [6.07, 6.45) is 5.51. The number of rotatable bonds is 9. The Hall–Kier alpha value is -1.87. The summed E-state index contributed by atoms with van der Waals surface area (Å²) >= 11 is 1.67. The molecule has 9 heteroatoms. The monoisotopic (exact) mass is 406 g/mol. The van der Waals surface area contributed by atoms with Crippen LogP contribution in [-0.2, 0) is 16.1 Å². The van der Waals surface area contributed by atoms with Crippen molar-refractivity contribution < 1.29 is 9.53 Å². The molecule has 28 heavy (non-hydrogen) atoms. The van der Waals surface area contributed by atoms with Gasteiger partial charge in [-0.3, -0.25) is 4.79 Å². The Morgan fingerprint density at radius 3 is 2.79 bits per heavy atom. The molecule has 154 valence electrons. The molecular weight excluding hydrogens is 376 g/mol. The second kappa shape index (κ2) is 10.1. The van der Waals surface area contributed by atoms with Crippen LogP contribution >= 0.6 is 11.8 Å². The van der Waals surface area contributed by atoms with E-state index in [0.717, 1.165) is 35.1 Å². The maximum atomic E-state index is 11.7. The third-order valence-electron chi connectivity index (χ3n) is 4.54. The third kappa shape index (κ3) is 5.35. The van der Waals surface area contributed by atoms with Gasteiger partial charge in [0.1, 0.15) is 12.4 Å². The number of carbonyl (C=O) groups is 1. The van der Waals surface area contributed by atoms with Crippen LogP contribution in [0.25, 0.3) is 11.0 Å². The van der Waals surface area contributed by atoms with Crippen molar-refractivity contribution in [2.45, 2.75) is 57.0 Å².